The van der Waals surface area contributed by atoms with Gasteiger partial charge in [0.15, 0.2) is 0 Å². The molecule has 8 heteroatoms. The van der Waals surface area contributed by atoms with Gasteiger partial charge in [0.2, 0.25) is 0 Å². The van der Waals surface area contributed by atoms with Crippen molar-refractivity contribution < 1.29 is 4.92 Å². The van der Waals surface area contributed by atoms with Crippen LogP contribution in [-0.2, 0) is 25.8 Å². The van der Waals surface area contributed by atoms with Crippen molar-refractivity contribution in [2.24, 2.45) is 0 Å². The normalized spacial score (nSPS) is 13.2. The van der Waals surface area contributed by atoms with Crippen molar-refractivity contribution >= 4 is 27.2 Å². The Morgan fingerprint density at radius 3 is 2.52 bits per heavy atom. The Morgan fingerprint density at radius 2 is 1.79 bits per heavy atom. The van der Waals surface area contributed by atoms with Crippen molar-refractivity contribution in [1.29, 1.82) is 0 Å². The molecule has 0 saturated heterocycles. The Balaban J connectivity index is 1.77. The van der Waals surface area contributed by atoms with E-state index in [9.17, 15) is 19.7 Å². The molecule has 1 aliphatic rings. The summed E-state index contributed by atoms with van der Waals surface area (Å²) in [7, 11) is 0. The Bertz CT molecular complexity index is 1500. The van der Waals surface area contributed by atoms with Crippen LogP contribution in [-0.4, -0.2) is 14.1 Å². The molecule has 0 bridgehead atoms. The number of hydrogen-bond acceptors (Lipinski definition) is 5. The third-order valence-corrected chi connectivity index (χ3v) is 7.62. The first kappa shape index (κ1) is 21.3. The van der Waals surface area contributed by atoms with Gasteiger partial charge in [0.05, 0.1) is 22.5 Å². The molecular formula is C25H23N3O4S. The van der Waals surface area contributed by atoms with E-state index in [1.165, 1.54) is 32.9 Å². The van der Waals surface area contributed by atoms with Crippen LogP contribution in [0.4, 0.5) is 5.69 Å². The molecule has 33 heavy (non-hydrogen) atoms. The molecule has 0 atom stereocenters. The van der Waals surface area contributed by atoms with Gasteiger partial charge in [-0.1, -0.05) is 31.2 Å². The molecule has 168 valence electrons. The molecule has 0 radical (unpaired) electrons. The van der Waals surface area contributed by atoms with Crippen LogP contribution in [0.1, 0.15) is 41.3 Å². The number of aryl methyl sites for hydroxylation is 3. The summed E-state index contributed by atoms with van der Waals surface area (Å²) in [4.78, 5) is 40.0. The van der Waals surface area contributed by atoms with Gasteiger partial charge in [0.25, 0.3) is 11.2 Å². The van der Waals surface area contributed by atoms with E-state index in [-0.39, 0.29) is 17.8 Å². The number of aromatic nitrogens is 2. The quantitative estimate of drug-likeness (QED) is 0.321. The first-order valence-corrected chi connectivity index (χ1v) is 11.9. The van der Waals surface area contributed by atoms with Crippen molar-refractivity contribution in [2.45, 2.75) is 45.6 Å². The van der Waals surface area contributed by atoms with Crippen LogP contribution >= 0.6 is 11.3 Å². The molecule has 2 aromatic carbocycles. The number of nitrogens with zero attached hydrogens (tertiary/aromatic N) is 3. The maximum atomic E-state index is 13.7. The summed E-state index contributed by atoms with van der Waals surface area (Å²) >= 11 is 1.51. The summed E-state index contributed by atoms with van der Waals surface area (Å²) in [5, 5.41) is 11.9. The van der Waals surface area contributed by atoms with Gasteiger partial charge >= 0.3 is 5.69 Å². The molecule has 7 nitrogen and oxygen atoms in total. The van der Waals surface area contributed by atoms with Crippen LogP contribution in [0.2, 0.25) is 0 Å². The van der Waals surface area contributed by atoms with Gasteiger partial charge in [-0.2, -0.15) is 0 Å². The Hall–Kier alpha value is -3.52. The van der Waals surface area contributed by atoms with Crippen LogP contribution in [0.3, 0.4) is 0 Å². The van der Waals surface area contributed by atoms with E-state index < -0.39 is 10.6 Å². The second kappa shape index (κ2) is 8.44. The molecule has 5 rings (SSSR count). The van der Waals surface area contributed by atoms with Gasteiger partial charge in [0, 0.05) is 17.0 Å². The lowest BCUT2D eigenvalue weighted by molar-refractivity contribution is -0.384. The lowest BCUT2D eigenvalue weighted by Crippen LogP contribution is -2.39. The predicted molar refractivity (Wildman–Crippen MR) is 130 cm³/mol. The third-order valence-electron chi connectivity index (χ3n) is 6.30. The van der Waals surface area contributed by atoms with Gasteiger partial charge in [0.1, 0.15) is 4.83 Å². The van der Waals surface area contributed by atoms with Gasteiger partial charge in [-0.25, -0.2) is 9.36 Å². The summed E-state index contributed by atoms with van der Waals surface area (Å²) in [6.07, 6.45) is 4.69. The number of rotatable bonds is 5. The van der Waals surface area contributed by atoms with Crippen molar-refractivity contribution in [1.82, 2.24) is 9.13 Å². The van der Waals surface area contributed by atoms with Gasteiger partial charge in [-0.15, -0.1) is 11.3 Å². The van der Waals surface area contributed by atoms with E-state index in [0.717, 1.165) is 43.2 Å². The maximum Gasteiger partial charge on any atom is 0.337 e. The fraction of sp³-hybridized carbons (Fsp3) is 0.280. The highest BCUT2D eigenvalue weighted by Gasteiger charge is 2.24. The molecule has 0 amide bonds. The highest BCUT2D eigenvalue weighted by molar-refractivity contribution is 7.18. The fourth-order valence-electron chi connectivity index (χ4n) is 4.57. The van der Waals surface area contributed by atoms with E-state index in [0.29, 0.717) is 21.5 Å². The zero-order valence-electron chi connectivity index (χ0n) is 18.2. The van der Waals surface area contributed by atoms with Crippen molar-refractivity contribution in [2.75, 3.05) is 0 Å². The standard InChI is InChI=1S/C25H23N3O4S/c1-2-16-10-12-18(13-11-16)27-23(29)22-20-8-3-4-9-21(20)33-24(22)26(25(27)30)15-17-6-5-7-19(14-17)28(31)32/h5-7,10-14H,2-4,8-9,15H2,1H3. The minimum absolute atomic E-state index is 0.0225. The molecular weight excluding hydrogens is 438 g/mol. The number of thiophene rings is 1. The Kier molecular flexibility index (Phi) is 5.46. The Labute approximate surface area is 193 Å². The highest BCUT2D eigenvalue weighted by Crippen LogP contribution is 2.34. The van der Waals surface area contributed by atoms with Crippen molar-refractivity contribution in [3.8, 4) is 5.69 Å². The number of nitro benzene ring substituents is 1. The summed E-state index contributed by atoms with van der Waals surface area (Å²) < 4.78 is 2.85. The molecule has 0 N–H and O–H groups in total. The molecule has 0 aliphatic heterocycles. The van der Waals surface area contributed by atoms with Crippen molar-refractivity contribution in [3.63, 3.8) is 0 Å². The van der Waals surface area contributed by atoms with Crippen molar-refractivity contribution in [3.05, 3.63) is 101 Å². The SMILES string of the molecule is CCc1ccc(-n2c(=O)c3c4c(sc3n(Cc3cccc([N+](=O)[O-])c3)c2=O)CCCC4)cc1. The Morgan fingerprint density at radius 1 is 1.03 bits per heavy atom. The highest BCUT2D eigenvalue weighted by atomic mass is 32.1. The number of fused-ring (bicyclic) bond motifs is 3. The number of nitro groups is 1. The van der Waals surface area contributed by atoms with Crippen LogP contribution < -0.4 is 11.2 Å². The minimum atomic E-state index is -0.443. The number of benzene rings is 2. The largest absolute Gasteiger partial charge is 0.337 e. The minimum Gasteiger partial charge on any atom is -0.279 e. The molecule has 1 aliphatic carbocycles. The molecule has 0 spiro atoms. The number of hydrogen-bond donors (Lipinski definition) is 0. The molecule has 0 saturated carbocycles. The summed E-state index contributed by atoms with van der Waals surface area (Å²) in [5.74, 6) is 0. The smallest absolute Gasteiger partial charge is 0.279 e. The summed E-state index contributed by atoms with van der Waals surface area (Å²) in [5.41, 5.74) is 2.62. The van der Waals surface area contributed by atoms with Crippen LogP contribution in [0, 0.1) is 10.1 Å². The van der Waals surface area contributed by atoms with Crippen LogP contribution in [0.25, 0.3) is 15.9 Å². The second-order valence-corrected chi connectivity index (χ2v) is 9.43. The van der Waals surface area contributed by atoms with Crippen LogP contribution in [0.5, 0.6) is 0 Å². The monoisotopic (exact) mass is 461 g/mol. The molecule has 0 unspecified atom stereocenters. The van der Waals surface area contributed by atoms with Gasteiger partial charge < -0.3 is 0 Å². The topological polar surface area (TPSA) is 87.1 Å². The van der Waals surface area contributed by atoms with Gasteiger partial charge in [-0.05, 0) is 60.9 Å². The van der Waals surface area contributed by atoms with E-state index in [2.05, 4.69) is 6.92 Å². The first-order chi connectivity index (χ1) is 16.0. The lowest BCUT2D eigenvalue weighted by Gasteiger charge is -2.14. The van der Waals surface area contributed by atoms with E-state index in [1.54, 1.807) is 16.7 Å². The molecule has 4 aromatic rings. The third kappa shape index (κ3) is 3.70. The fourth-order valence-corrected chi connectivity index (χ4v) is 5.94. The summed E-state index contributed by atoms with van der Waals surface area (Å²) in [6, 6.07) is 13.8. The molecule has 0 fully saturated rings. The maximum absolute atomic E-state index is 13.7. The zero-order valence-corrected chi connectivity index (χ0v) is 19.1. The summed E-state index contributed by atoms with van der Waals surface area (Å²) in [6.45, 7) is 2.21. The molecule has 2 aromatic heterocycles. The average molecular weight is 462 g/mol. The predicted octanol–water partition coefficient (Wildman–Crippen LogP) is 4.61. The van der Waals surface area contributed by atoms with Gasteiger partial charge in [-0.3, -0.25) is 19.5 Å². The van der Waals surface area contributed by atoms with E-state index in [4.69, 9.17) is 0 Å². The lowest BCUT2D eigenvalue weighted by atomic mass is 9.97. The first-order valence-electron chi connectivity index (χ1n) is 11.1. The van der Waals surface area contributed by atoms with Crippen LogP contribution in [0.15, 0.2) is 58.1 Å². The van der Waals surface area contributed by atoms with E-state index in [1.807, 2.05) is 24.3 Å². The average Bonchev–Trinajstić information content (AvgIpc) is 3.22. The molecule has 2 heterocycles. The zero-order chi connectivity index (χ0) is 23.1. The second-order valence-electron chi connectivity index (χ2n) is 8.35. The van der Waals surface area contributed by atoms with E-state index >= 15 is 0 Å². The number of non-ortho nitro benzene ring substituents is 1.